The van der Waals surface area contributed by atoms with E-state index in [9.17, 15) is 13.8 Å². The standard InChI is InChI=1S/2C5H11NO2S.C2H6OS.H2S/c2*1-9-3-2-4(6)5(7)8;1-4(2)3;/h2*4H,2-3,6H2,1H3,(H,7,8);1-2H3;1H2/t4-;;;/m0.../s1. The Morgan fingerprint density at radius 1 is 0.957 bits per heavy atom. The summed E-state index contributed by atoms with van der Waals surface area (Å²) >= 11 is 3.21. The van der Waals surface area contributed by atoms with Crippen molar-refractivity contribution in [3.8, 4) is 0 Å². The third-order valence-corrected chi connectivity index (χ3v) is 3.19. The lowest BCUT2D eigenvalue weighted by atomic mass is 10.2. The van der Waals surface area contributed by atoms with Crippen molar-refractivity contribution in [1.29, 1.82) is 0 Å². The summed E-state index contributed by atoms with van der Waals surface area (Å²) in [4.78, 5) is 20.1. The van der Waals surface area contributed by atoms with Gasteiger partial charge in [0.1, 0.15) is 12.1 Å². The molecule has 0 saturated carbocycles. The Hall–Kier alpha value is 0.0600. The van der Waals surface area contributed by atoms with E-state index in [4.69, 9.17) is 21.7 Å². The van der Waals surface area contributed by atoms with Gasteiger partial charge in [-0.1, -0.05) is 0 Å². The van der Waals surface area contributed by atoms with Crippen LogP contribution in [-0.4, -0.2) is 75.0 Å². The summed E-state index contributed by atoms with van der Waals surface area (Å²) in [5, 5.41) is 16.5. The first-order chi connectivity index (χ1) is 10.1. The number of carboxylic acids is 2. The molecule has 1 unspecified atom stereocenters. The van der Waals surface area contributed by atoms with E-state index in [0.29, 0.717) is 12.8 Å². The zero-order valence-corrected chi connectivity index (χ0v) is 17.4. The summed E-state index contributed by atoms with van der Waals surface area (Å²) in [6, 6.07) is -1.37. The van der Waals surface area contributed by atoms with Crippen molar-refractivity contribution in [3.05, 3.63) is 0 Å². The van der Waals surface area contributed by atoms with E-state index >= 15 is 0 Å². The van der Waals surface area contributed by atoms with Gasteiger partial charge in [-0.15, -0.1) is 0 Å². The SMILES string of the molecule is CS(C)=O.CSCCC(N)C(=O)O.CSCC[C@H](N)C(=O)O.S. The van der Waals surface area contributed by atoms with Crippen LogP contribution in [0.2, 0.25) is 0 Å². The molecule has 0 heterocycles. The van der Waals surface area contributed by atoms with Crippen molar-refractivity contribution in [1.82, 2.24) is 0 Å². The molecule has 0 saturated heterocycles. The van der Waals surface area contributed by atoms with Crippen LogP contribution < -0.4 is 11.5 Å². The van der Waals surface area contributed by atoms with Crippen molar-refractivity contribution in [3.63, 3.8) is 0 Å². The molecule has 0 aliphatic rings. The van der Waals surface area contributed by atoms with Gasteiger partial charge >= 0.3 is 11.9 Å². The van der Waals surface area contributed by atoms with Crippen LogP contribution in [0, 0.1) is 0 Å². The first-order valence-electron chi connectivity index (χ1n) is 6.29. The van der Waals surface area contributed by atoms with Gasteiger partial charge in [-0.05, 0) is 36.9 Å². The minimum Gasteiger partial charge on any atom is -0.480 e. The van der Waals surface area contributed by atoms with E-state index in [1.54, 1.807) is 36.0 Å². The molecule has 142 valence electrons. The fourth-order valence-electron chi connectivity index (χ4n) is 0.737. The monoisotopic (exact) mass is 410 g/mol. The molecule has 0 aliphatic carbocycles. The maximum atomic E-state index is 10.1. The van der Waals surface area contributed by atoms with Gasteiger partial charge in [-0.25, -0.2) is 0 Å². The number of aliphatic carboxylic acids is 2. The minimum atomic E-state index is -0.913. The van der Waals surface area contributed by atoms with Gasteiger partial charge < -0.3 is 21.7 Å². The van der Waals surface area contributed by atoms with Gasteiger partial charge in [0, 0.05) is 23.3 Å². The fourth-order valence-corrected chi connectivity index (χ4v) is 1.72. The van der Waals surface area contributed by atoms with Crippen LogP contribution >= 0.6 is 37.0 Å². The zero-order valence-electron chi connectivity index (χ0n) is 14.0. The molecule has 0 rings (SSSR count). The molecule has 0 fully saturated rings. The number of carbonyl (C=O) groups is 2. The summed E-state index contributed by atoms with van der Waals surface area (Å²) in [6.45, 7) is 0. The van der Waals surface area contributed by atoms with Crippen LogP contribution in [0.3, 0.4) is 0 Å². The minimum absolute atomic E-state index is 0. The van der Waals surface area contributed by atoms with Gasteiger partial charge in [0.15, 0.2) is 0 Å². The van der Waals surface area contributed by atoms with Crippen molar-refractivity contribution in [2.45, 2.75) is 24.9 Å². The molecular formula is C12H30N2O5S4. The maximum absolute atomic E-state index is 10.1. The number of rotatable bonds is 8. The number of hydrogen-bond acceptors (Lipinski definition) is 7. The molecule has 23 heavy (non-hydrogen) atoms. The van der Waals surface area contributed by atoms with Crippen molar-refractivity contribution in [2.75, 3.05) is 36.5 Å². The predicted octanol–water partition coefficient (Wildman–Crippen LogP) is 0.410. The molecule has 0 radical (unpaired) electrons. The van der Waals surface area contributed by atoms with Crippen LogP contribution in [-0.2, 0) is 20.4 Å². The molecular weight excluding hydrogens is 380 g/mol. The number of hydrogen-bond donors (Lipinski definition) is 4. The quantitative estimate of drug-likeness (QED) is 0.447. The lowest BCUT2D eigenvalue weighted by molar-refractivity contribution is -0.139. The Kier molecular flexibility index (Phi) is 29.6. The third-order valence-electron chi connectivity index (χ3n) is 1.90. The summed E-state index contributed by atoms with van der Waals surface area (Å²) in [7, 11) is -0.611. The van der Waals surface area contributed by atoms with E-state index in [2.05, 4.69) is 0 Å². The smallest absolute Gasteiger partial charge is 0.320 e. The zero-order chi connectivity index (χ0) is 18.1. The summed E-state index contributed by atoms with van der Waals surface area (Å²) in [5.74, 6) is -0.200. The van der Waals surface area contributed by atoms with Crippen LogP contribution in [0.5, 0.6) is 0 Å². The Labute approximate surface area is 156 Å². The van der Waals surface area contributed by atoms with E-state index < -0.39 is 34.8 Å². The topological polar surface area (TPSA) is 144 Å². The van der Waals surface area contributed by atoms with Crippen LogP contribution in [0.1, 0.15) is 12.8 Å². The van der Waals surface area contributed by atoms with Gasteiger partial charge in [0.05, 0.1) is 0 Å². The average molecular weight is 411 g/mol. The van der Waals surface area contributed by atoms with Gasteiger partial charge in [-0.3, -0.25) is 13.8 Å². The Morgan fingerprint density at radius 3 is 1.30 bits per heavy atom. The van der Waals surface area contributed by atoms with E-state index in [1.807, 2.05) is 12.5 Å². The molecule has 0 spiro atoms. The Bertz CT molecular complexity index is 294. The highest BCUT2D eigenvalue weighted by atomic mass is 32.2. The molecule has 6 N–H and O–H groups in total. The number of carboxylic acid groups (broad SMARTS) is 2. The van der Waals surface area contributed by atoms with Crippen molar-refractivity contribution < 1.29 is 24.0 Å². The van der Waals surface area contributed by atoms with Crippen molar-refractivity contribution in [2.24, 2.45) is 11.5 Å². The number of nitrogens with two attached hydrogens (primary N) is 2. The first kappa shape index (κ1) is 30.9. The predicted molar refractivity (Wildman–Crippen MR) is 108 cm³/mol. The van der Waals surface area contributed by atoms with Crippen LogP contribution in [0.15, 0.2) is 0 Å². The Balaban J connectivity index is -0.000000124. The summed E-state index contributed by atoms with van der Waals surface area (Å²) in [5.41, 5.74) is 10.4. The average Bonchev–Trinajstić information content (AvgIpc) is 2.41. The summed E-state index contributed by atoms with van der Waals surface area (Å²) in [6.07, 6.45) is 8.23. The second kappa shape index (κ2) is 22.1. The second-order valence-corrected chi connectivity index (χ2v) is 7.65. The molecule has 0 aliphatic heterocycles. The molecule has 0 aromatic carbocycles. The lowest BCUT2D eigenvalue weighted by Gasteiger charge is -2.02. The van der Waals surface area contributed by atoms with Gasteiger partial charge in [-0.2, -0.15) is 37.0 Å². The largest absolute Gasteiger partial charge is 0.480 e. The molecule has 0 aromatic heterocycles. The normalized spacial score (nSPS) is 11.8. The summed E-state index contributed by atoms with van der Waals surface area (Å²) < 4.78 is 9.56. The van der Waals surface area contributed by atoms with Gasteiger partial charge in [0.2, 0.25) is 0 Å². The fraction of sp³-hybridized carbons (Fsp3) is 0.833. The molecule has 0 amide bonds. The Morgan fingerprint density at radius 2 is 1.17 bits per heavy atom. The van der Waals surface area contributed by atoms with E-state index in [0.717, 1.165) is 11.5 Å². The van der Waals surface area contributed by atoms with Crippen LogP contribution in [0.4, 0.5) is 0 Å². The molecule has 2 atom stereocenters. The third kappa shape index (κ3) is 34.4. The van der Waals surface area contributed by atoms with Crippen LogP contribution in [0.25, 0.3) is 0 Å². The lowest BCUT2D eigenvalue weighted by Crippen LogP contribution is -2.30. The van der Waals surface area contributed by atoms with Crippen molar-refractivity contribution >= 4 is 59.8 Å². The first-order valence-corrected chi connectivity index (χ1v) is 11.0. The number of thioether (sulfide) groups is 2. The van der Waals surface area contributed by atoms with E-state index in [1.165, 1.54) is 0 Å². The molecule has 11 heteroatoms. The second-order valence-electron chi connectivity index (χ2n) is 4.19. The highest BCUT2D eigenvalue weighted by Gasteiger charge is 2.09. The highest BCUT2D eigenvalue weighted by molar-refractivity contribution is 7.98. The van der Waals surface area contributed by atoms with E-state index in [-0.39, 0.29) is 13.5 Å². The van der Waals surface area contributed by atoms with Gasteiger partial charge in [0.25, 0.3) is 0 Å². The highest BCUT2D eigenvalue weighted by Crippen LogP contribution is 1.98. The molecule has 0 bridgehead atoms. The molecule has 0 aromatic rings. The molecule has 7 nitrogen and oxygen atoms in total. The maximum Gasteiger partial charge on any atom is 0.320 e.